The average molecular weight is 312 g/mol. The topological polar surface area (TPSA) is 29.5 Å². The van der Waals surface area contributed by atoms with E-state index in [0.29, 0.717) is 12.2 Å². The summed E-state index contributed by atoms with van der Waals surface area (Å²) in [5.41, 5.74) is 0.660. The van der Waals surface area contributed by atoms with Gasteiger partial charge in [0, 0.05) is 25.9 Å². The van der Waals surface area contributed by atoms with Gasteiger partial charge in [-0.3, -0.25) is 0 Å². The lowest BCUT2D eigenvalue weighted by Gasteiger charge is -2.08. The van der Waals surface area contributed by atoms with E-state index in [1.807, 2.05) is 19.0 Å². The Labute approximate surface area is 138 Å². The molecular formula is C19H37NO2. The van der Waals surface area contributed by atoms with Gasteiger partial charge in [-0.25, -0.2) is 4.79 Å². The summed E-state index contributed by atoms with van der Waals surface area (Å²) in [5, 5.41) is 0. The Morgan fingerprint density at radius 1 is 0.864 bits per heavy atom. The molecule has 0 fully saturated rings. The number of carbonyl (C=O) groups is 1. The number of hydrogen-bond donors (Lipinski definition) is 0. The maximum absolute atomic E-state index is 11.6. The number of esters is 1. The maximum atomic E-state index is 11.6. The fourth-order valence-corrected chi connectivity index (χ4v) is 2.48. The smallest absolute Gasteiger partial charge is 0.335 e. The van der Waals surface area contributed by atoms with E-state index in [1.54, 1.807) is 13.1 Å². The maximum Gasteiger partial charge on any atom is 0.335 e. The molecule has 0 saturated carbocycles. The molecule has 3 heteroatoms. The van der Waals surface area contributed by atoms with Gasteiger partial charge in [0.15, 0.2) is 0 Å². The van der Waals surface area contributed by atoms with Crippen molar-refractivity contribution in [3.8, 4) is 0 Å². The van der Waals surface area contributed by atoms with Crippen LogP contribution in [-0.2, 0) is 9.53 Å². The Balaban J connectivity index is 3.32. The first-order chi connectivity index (χ1) is 10.6. The summed E-state index contributed by atoms with van der Waals surface area (Å²) in [6.07, 6.45) is 16.2. The third-order valence-electron chi connectivity index (χ3n) is 3.75. The van der Waals surface area contributed by atoms with Gasteiger partial charge in [0.05, 0.1) is 6.61 Å². The summed E-state index contributed by atoms with van der Waals surface area (Å²) in [6, 6.07) is 0. The number of carbonyl (C=O) groups excluding carboxylic acids is 1. The summed E-state index contributed by atoms with van der Waals surface area (Å²) in [6.45, 7) is 4.61. The van der Waals surface area contributed by atoms with E-state index in [1.165, 1.54) is 64.2 Å². The summed E-state index contributed by atoms with van der Waals surface area (Å²) < 4.78 is 5.25. The van der Waals surface area contributed by atoms with E-state index in [4.69, 9.17) is 4.74 Å². The quantitative estimate of drug-likeness (QED) is 0.247. The molecule has 130 valence electrons. The minimum atomic E-state index is -0.194. The highest BCUT2D eigenvalue weighted by Gasteiger charge is 2.05. The molecule has 0 unspecified atom stereocenters. The van der Waals surface area contributed by atoms with Gasteiger partial charge in [-0.15, -0.1) is 0 Å². The lowest BCUT2D eigenvalue weighted by molar-refractivity contribution is -0.139. The van der Waals surface area contributed by atoms with Crippen LogP contribution >= 0.6 is 0 Å². The van der Waals surface area contributed by atoms with Crippen LogP contribution in [0.3, 0.4) is 0 Å². The number of unbranched alkanes of at least 4 members (excludes halogenated alkanes) is 10. The van der Waals surface area contributed by atoms with Crippen LogP contribution < -0.4 is 0 Å². The monoisotopic (exact) mass is 311 g/mol. The summed E-state index contributed by atoms with van der Waals surface area (Å²) in [4.78, 5) is 13.5. The molecule has 0 radical (unpaired) electrons. The van der Waals surface area contributed by atoms with Crippen molar-refractivity contribution >= 4 is 5.97 Å². The molecule has 0 spiro atoms. The second kappa shape index (κ2) is 14.9. The first kappa shape index (κ1) is 21.0. The Kier molecular flexibility index (Phi) is 14.3. The van der Waals surface area contributed by atoms with Crippen molar-refractivity contribution in [2.24, 2.45) is 0 Å². The van der Waals surface area contributed by atoms with Crippen LogP contribution in [-0.4, -0.2) is 31.6 Å². The van der Waals surface area contributed by atoms with Crippen LogP contribution in [0.4, 0.5) is 0 Å². The Morgan fingerprint density at radius 3 is 1.77 bits per heavy atom. The third kappa shape index (κ3) is 14.0. The van der Waals surface area contributed by atoms with Crippen LogP contribution in [0.15, 0.2) is 11.8 Å². The van der Waals surface area contributed by atoms with Crippen molar-refractivity contribution in [1.29, 1.82) is 0 Å². The second-order valence-electron chi connectivity index (χ2n) is 6.45. The molecule has 0 aromatic rings. The van der Waals surface area contributed by atoms with Crippen molar-refractivity contribution in [1.82, 2.24) is 4.90 Å². The predicted molar refractivity (Wildman–Crippen MR) is 94.9 cm³/mol. The average Bonchev–Trinajstić information content (AvgIpc) is 2.47. The first-order valence-electron chi connectivity index (χ1n) is 9.10. The van der Waals surface area contributed by atoms with Gasteiger partial charge in [0.1, 0.15) is 0 Å². The van der Waals surface area contributed by atoms with Crippen LogP contribution in [0.5, 0.6) is 0 Å². The Morgan fingerprint density at radius 2 is 1.32 bits per heavy atom. The van der Waals surface area contributed by atoms with E-state index in [2.05, 4.69) is 6.92 Å². The molecule has 0 rings (SSSR count). The van der Waals surface area contributed by atoms with Crippen LogP contribution in [0, 0.1) is 0 Å². The standard InChI is InChI=1S/C19H37NO2/c1-5-6-7-8-9-10-11-12-13-14-15-16-22-19(21)18(2)17-20(3)4/h17H,5-16H2,1-4H3/b18-17+. The molecule has 0 amide bonds. The van der Waals surface area contributed by atoms with Crippen molar-refractivity contribution in [3.63, 3.8) is 0 Å². The molecule has 0 aromatic heterocycles. The highest BCUT2D eigenvalue weighted by Crippen LogP contribution is 2.11. The van der Waals surface area contributed by atoms with Gasteiger partial charge in [0.25, 0.3) is 0 Å². The lowest BCUT2D eigenvalue weighted by atomic mass is 10.1. The molecule has 0 aliphatic heterocycles. The Hall–Kier alpha value is -0.990. The van der Waals surface area contributed by atoms with Gasteiger partial charge in [-0.2, -0.15) is 0 Å². The van der Waals surface area contributed by atoms with E-state index in [9.17, 15) is 4.79 Å². The van der Waals surface area contributed by atoms with Gasteiger partial charge in [-0.1, -0.05) is 71.1 Å². The van der Waals surface area contributed by atoms with Crippen molar-refractivity contribution in [2.75, 3.05) is 20.7 Å². The molecule has 0 bridgehead atoms. The molecule has 3 nitrogen and oxygen atoms in total. The fraction of sp³-hybridized carbons (Fsp3) is 0.842. The minimum absolute atomic E-state index is 0.194. The summed E-state index contributed by atoms with van der Waals surface area (Å²) in [7, 11) is 3.81. The van der Waals surface area contributed by atoms with E-state index in [0.717, 1.165) is 6.42 Å². The van der Waals surface area contributed by atoms with Gasteiger partial charge < -0.3 is 9.64 Å². The molecule has 0 saturated heterocycles. The number of nitrogens with zero attached hydrogens (tertiary/aromatic N) is 1. The summed E-state index contributed by atoms with van der Waals surface area (Å²) >= 11 is 0. The van der Waals surface area contributed by atoms with Crippen molar-refractivity contribution in [2.45, 2.75) is 84.5 Å². The molecule has 22 heavy (non-hydrogen) atoms. The molecule has 0 aliphatic rings. The molecule has 0 N–H and O–H groups in total. The third-order valence-corrected chi connectivity index (χ3v) is 3.75. The van der Waals surface area contributed by atoms with E-state index >= 15 is 0 Å². The second-order valence-corrected chi connectivity index (χ2v) is 6.45. The normalized spacial score (nSPS) is 11.5. The minimum Gasteiger partial charge on any atom is -0.462 e. The molecular weight excluding hydrogens is 274 g/mol. The lowest BCUT2D eigenvalue weighted by Crippen LogP contribution is -2.11. The van der Waals surface area contributed by atoms with E-state index in [-0.39, 0.29) is 5.97 Å². The zero-order valence-electron chi connectivity index (χ0n) is 15.3. The van der Waals surface area contributed by atoms with Gasteiger partial charge >= 0.3 is 5.97 Å². The predicted octanol–water partition coefficient (Wildman–Crippen LogP) is 5.31. The number of ether oxygens (including phenoxy) is 1. The largest absolute Gasteiger partial charge is 0.462 e. The molecule has 0 heterocycles. The zero-order valence-corrected chi connectivity index (χ0v) is 15.3. The van der Waals surface area contributed by atoms with Crippen LogP contribution in [0.1, 0.15) is 84.5 Å². The van der Waals surface area contributed by atoms with Crippen molar-refractivity contribution in [3.05, 3.63) is 11.8 Å². The van der Waals surface area contributed by atoms with Crippen LogP contribution in [0.2, 0.25) is 0 Å². The zero-order chi connectivity index (χ0) is 16.6. The van der Waals surface area contributed by atoms with Crippen LogP contribution in [0.25, 0.3) is 0 Å². The SMILES string of the molecule is CCCCCCCCCCCCCOC(=O)/C(C)=C/N(C)C. The van der Waals surface area contributed by atoms with Gasteiger partial charge in [0.2, 0.25) is 0 Å². The fourth-order valence-electron chi connectivity index (χ4n) is 2.48. The molecule has 0 aliphatic carbocycles. The van der Waals surface area contributed by atoms with Gasteiger partial charge in [-0.05, 0) is 13.3 Å². The van der Waals surface area contributed by atoms with Crippen molar-refractivity contribution < 1.29 is 9.53 Å². The molecule has 0 atom stereocenters. The first-order valence-corrected chi connectivity index (χ1v) is 9.10. The highest BCUT2D eigenvalue weighted by molar-refractivity contribution is 5.87. The number of hydrogen-bond acceptors (Lipinski definition) is 3. The molecule has 0 aromatic carbocycles. The highest BCUT2D eigenvalue weighted by atomic mass is 16.5. The Bertz CT molecular complexity index is 298. The summed E-state index contributed by atoms with van der Waals surface area (Å²) in [5.74, 6) is -0.194. The van der Waals surface area contributed by atoms with E-state index < -0.39 is 0 Å². The number of rotatable bonds is 14.